The summed E-state index contributed by atoms with van der Waals surface area (Å²) in [5, 5.41) is 94.8. The third-order valence-electron chi connectivity index (χ3n) is 17.3. The maximum Gasteiger partial charge on any atom is 0.186 e. The molecule has 0 aromatic heterocycles. The van der Waals surface area contributed by atoms with Gasteiger partial charge in [-0.15, -0.1) is 0 Å². The van der Waals surface area contributed by atoms with Crippen molar-refractivity contribution < 1.29 is 74.4 Å². The van der Waals surface area contributed by atoms with Gasteiger partial charge in [0.05, 0.1) is 44.2 Å². The van der Waals surface area contributed by atoms with Crippen molar-refractivity contribution in [1.29, 1.82) is 0 Å². The molecule has 15 heteroatoms. The van der Waals surface area contributed by atoms with E-state index < -0.39 is 98.0 Å². The van der Waals surface area contributed by atoms with Crippen LogP contribution in [0.2, 0.25) is 0 Å². The molecule has 1 unspecified atom stereocenters. The summed E-state index contributed by atoms with van der Waals surface area (Å²) in [5.74, 6) is 0.203. The molecule has 5 aliphatic carbocycles. The van der Waals surface area contributed by atoms with Crippen LogP contribution in [0.5, 0.6) is 0 Å². The van der Waals surface area contributed by atoms with Gasteiger partial charge in [0.2, 0.25) is 0 Å². The third-order valence-corrected chi connectivity index (χ3v) is 17.3. The molecule has 9 aliphatic rings. The molecular weight excluding hydrogens is 708 g/mol. The van der Waals surface area contributed by atoms with Gasteiger partial charge >= 0.3 is 0 Å². The summed E-state index contributed by atoms with van der Waals surface area (Å²) in [6.07, 6.45) is -9.44. The Morgan fingerprint density at radius 1 is 0.722 bits per heavy atom. The Bertz CT molecular complexity index is 1420. The summed E-state index contributed by atoms with van der Waals surface area (Å²) in [6, 6.07) is 0. The van der Waals surface area contributed by atoms with Gasteiger partial charge in [0.1, 0.15) is 48.8 Å². The van der Waals surface area contributed by atoms with Crippen LogP contribution in [-0.4, -0.2) is 157 Å². The van der Waals surface area contributed by atoms with E-state index in [4.69, 9.17) is 28.4 Å². The molecule has 15 nitrogen and oxygen atoms in total. The van der Waals surface area contributed by atoms with Gasteiger partial charge in [0.15, 0.2) is 18.4 Å². The second-order valence-corrected chi connectivity index (χ2v) is 19.3. The lowest BCUT2D eigenvalue weighted by atomic mass is 9.44. The van der Waals surface area contributed by atoms with Crippen molar-refractivity contribution in [2.75, 3.05) is 19.8 Å². The smallest absolute Gasteiger partial charge is 0.186 e. The van der Waals surface area contributed by atoms with Crippen molar-refractivity contribution in [2.45, 2.75) is 164 Å². The summed E-state index contributed by atoms with van der Waals surface area (Å²) < 4.78 is 38.1. The molecule has 0 bridgehead atoms. The Kier molecular flexibility index (Phi) is 9.51. The van der Waals surface area contributed by atoms with Gasteiger partial charge in [-0.1, -0.05) is 27.7 Å². The minimum Gasteiger partial charge on any atom is -0.394 e. The van der Waals surface area contributed by atoms with E-state index in [9.17, 15) is 46.0 Å². The van der Waals surface area contributed by atoms with Gasteiger partial charge in [0.25, 0.3) is 0 Å². The van der Waals surface area contributed by atoms with Gasteiger partial charge in [-0.2, -0.15) is 0 Å². The highest BCUT2D eigenvalue weighted by atomic mass is 16.7. The first-order chi connectivity index (χ1) is 25.6. The maximum absolute atomic E-state index is 12.1. The number of rotatable bonds is 6. The van der Waals surface area contributed by atoms with E-state index >= 15 is 0 Å². The van der Waals surface area contributed by atoms with Crippen LogP contribution in [0.3, 0.4) is 0 Å². The van der Waals surface area contributed by atoms with E-state index in [1.807, 2.05) is 6.92 Å². The first-order valence-electron chi connectivity index (χ1n) is 20.5. The number of fused-ring (bicyclic) bond motifs is 6. The lowest BCUT2D eigenvalue weighted by Gasteiger charge is -2.62. The monoisotopic (exact) mass is 770 g/mol. The standard InChI is InChI=1S/C39H62O15/c1-15-14-49-39(11-22(15)50-34-32(47)30(45)28(43)23(12-40)51-34)16(2)27-21(54-39)9-20-18-8-25(42)38-10-17(38)7-26(37(38,4)19(18)5-6-36(20,27)3)53-35-33(48)31(46)29(44)24(13-41)52-35/h15-35,40-48H,5-14H2,1-4H3/t15-,16+,17-,18-,19+,20+,21+,22+,23-,24-,25-,26-,27?,28-,29-,30+,31+,32-,33-,34-,35+,36+,37+,38+,39-/m1/s1. The number of hydrogen-bond acceptors (Lipinski definition) is 15. The number of hydrogen-bond donors (Lipinski definition) is 9. The minimum absolute atomic E-state index is 0.000505. The van der Waals surface area contributed by atoms with Gasteiger partial charge in [-0.25, -0.2) is 0 Å². The van der Waals surface area contributed by atoms with Gasteiger partial charge in [0, 0.05) is 29.1 Å². The van der Waals surface area contributed by atoms with Crippen LogP contribution < -0.4 is 0 Å². The molecule has 0 aromatic carbocycles. The zero-order valence-corrected chi connectivity index (χ0v) is 31.7. The molecule has 4 saturated heterocycles. The molecular formula is C39H62O15. The van der Waals surface area contributed by atoms with Crippen LogP contribution in [0.15, 0.2) is 0 Å². The van der Waals surface area contributed by atoms with Crippen LogP contribution in [0.25, 0.3) is 0 Å². The molecule has 54 heavy (non-hydrogen) atoms. The topological polar surface area (TPSA) is 237 Å². The molecule has 4 heterocycles. The highest BCUT2D eigenvalue weighted by Crippen LogP contribution is 2.82. The molecule has 4 aliphatic heterocycles. The average Bonchev–Trinajstić information content (AvgIpc) is 3.61. The van der Waals surface area contributed by atoms with E-state index in [1.54, 1.807) is 0 Å². The Hall–Kier alpha value is -0.600. The summed E-state index contributed by atoms with van der Waals surface area (Å²) in [4.78, 5) is 0. The Morgan fingerprint density at radius 2 is 1.35 bits per heavy atom. The normalized spacial score (nSPS) is 63.2. The van der Waals surface area contributed by atoms with Crippen molar-refractivity contribution in [3.8, 4) is 0 Å². The van der Waals surface area contributed by atoms with Gasteiger partial charge < -0.3 is 74.4 Å². The molecule has 2 spiro atoms. The van der Waals surface area contributed by atoms with Crippen LogP contribution in [-0.2, 0) is 28.4 Å². The van der Waals surface area contributed by atoms with Crippen LogP contribution in [0.4, 0.5) is 0 Å². The minimum atomic E-state index is -1.53. The quantitative estimate of drug-likeness (QED) is 0.157. The first-order valence-corrected chi connectivity index (χ1v) is 20.5. The van der Waals surface area contributed by atoms with E-state index in [-0.39, 0.29) is 64.5 Å². The lowest BCUT2D eigenvalue weighted by molar-refractivity contribution is -0.344. The Balaban J connectivity index is 0.933. The molecule has 25 atom stereocenters. The second kappa shape index (κ2) is 13.2. The molecule has 5 saturated carbocycles. The van der Waals surface area contributed by atoms with Crippen molar-refractivity contribution in [1.82, 2.24) is 0 Å². The van der Waals surface area contributed by atoms with Crippen molar-refractivity contribution in [3.05, 3.63) is 0 Å². The molecule has 9 N–H and O–H groups in total. The van der Waals surface area contributed by atoms with Crippen LogP contribution in [0.1, 0.15) is 72.6 Å². The van der Waals surface area contributed by atoms with Crippen molar-refractivity contribution in [2.24, 2.45) is 57.7 Å². The number of ether oxygens (including phenoxy) is 6. The molecule has 9 fully saturated rings. The number of aliphatic hydroxyl groups excluding tert-OH is 9. The molecule has 0 amide bonds. The largest absolute Gasteiger partial charge is 0.394 e. The highest BCUT2D eigenvalue weighted by Gasteiger charge is 2.81. The van der Waals surface area contributed by atoms with Crippen LogP contribution in [0, 0.1) is 57.7 Å². The van der Waals surface area contributed by atoms with Crippen molar-refractivity contribution >= 4 is 0 Å². The molecule has 0 radical (unpaired) electrons. The summed E-state index contributed by atoms with van der Waals surface area (Å²) in [6.45, 7) is 8.14. The van der Waals surface area contributed by atoms with Gasteiger partial charge in [-0.3, -0.25) is 0 Å². The third kappa shape index (κ3) is 5.14. The predicted octanol–water partition coefficient (Wildman–Crippen LogP) is -1.01. The summed E-state index contributed by atoms with van der Waals surface area (Å²) in [5.41, 5.74) is -0.792. The van der Waals surface area contributed by atoms with E-state index in [0.29, 0.717) is 25.9 Å². The van der Waals surface area contributed by atoms with Crippen molar-refractivity contribution in [3.63, 3.8) is 0 Å². The Morgan fingerprint density at radius 3 is 1.98 bits per heavy atom. The van der Waals surface area contributed by atoms with E-state index in [2.05, 4.69) is 20.8 Å². The van der Waals surface area contributed by atoms with E-state index in [1.165, 1.54) is 0 Å². The first kappa shape index (κ1) is 38.9. The fourth-order valence-electron chi connectivity index (χ4n) is 14.4. The lowest BCUT2D eigenvalue weighted by Crippen LogP contribution is -2.63. The van der Waals surface area contributed by atoms with Crippen LogP contribution >= 0.6 is 0 Å². The zero-order chi connectivity index (χ0) is 38.4. The zero-order valence-electron chi connectivity index (χ0n) is 31.7. The summed E-state index contributed by atoms with van der Waals surface area (Å²) >= 11 is 0. The maximum atomic E-state index is 12.1. The summed E-state index contributed by atoms with van der Waals surface area (Å²) in [7, 11) is 0. The fraction of sp³-hybridized carbons (Fsp3) is 1.00. The Labute approximate surface area is 315 Å². The molecule has 9 rings (SSSR count). The second-order valence-electron chi connectivity index (χ2n) is 19.3. The highest BCUT2D eigenvalue weighted by molar-refractivity contribution is 5.29. The predicted molar refractivity (Wildman–Crippen MR) is 184 cm³/mol. The number of aliphatic hydroxyl groups is 9. The fourth-order valence-corrected chi connectivity index (χ4v) is 14.4. The average molecular weight is 771 g/mol. The SMILES string of the molecule is C[C@@H]1CO[C@]2(C[C@@H]1O[C@@H]1O[C@H](CO)[C@@H](O)[C@H](O)[C@H]1O)O[C@H]1C[C@H]3[C@@H]4C[C@@H](O)[C@]56C[C@H]5C[C@@H](O[C@@H]5O[C@H](CO)[C@@H](O)[C@H](O)[C@H]5O)[C@]6(C)[C@H]4CC[C@]3(C)C1[C@@H]2C. The molecule has 308 valence electrons. The van der Waals surface area contributed by atoms with E-state index in [0.717, 1.165) is 25.7 Å². The molecule has 0 aromatic rings. The van der Waals surface area contributed by atoms with Gasteiger partial charge in [-0.05, 0) is 73.5 Å².